The standard InChI is InChI=1S/C12H25NO/c1-6-8-12(14)11(5)13(9-7-2)10(3)4/h10-11H,6-9H2,1-5H3. The molecule has 0 saturated carbocycles. The molecule has 0 aromatic rings. The van der Waals surface area contributed by atoms with Crippen molar-refractivity contribution in [2.45, 2.75) is 66.0 Å². The number of carbonyl (C=O) groups is 1. The van der Waals surface area contributed by atoms with Crippen molar-refractivity contribution in [3.63, 3.8) is 0 Å². The van der Waals surface area contributed by atoms with Crippen LogP contribution in [-0.2, 0) is 4.79 Å². The van der Waals surface area contributed by atoms with Crippen LogP contribution in [0, 0.1) is 0 Å². The molecule has 0 heterocycles. The Kier molecular flexibility index (Phi) is 6.81. The van der Waals surface area contributed by atoms with Crippen LogP contribution in [0.1, 0.15) is 53.9 Å². The molecule has 0 saturated heterocycles. The van der Waals surface area contributed by atoms with E-state index in [0.717, 1.165) is 19.4 Å². The molecule has 0 spiro atoms. The van der Waals surface area contributed by atoms with Crippen LogP contribution >= 0.6 is 0 Å². The van der Waals surface area contributed by atoms with Gasteiger partial charge in [0.25, 0.3) is 0 Å². The summed E-state index contributed by atoms with van der Waals surface area (Å²) in [7, 11) is 0. The summed E-state index contributed by atoms with van der Waals surface area (Å²) in [5.41, 5.74) is 0. The third kappa shape index (κ3) is 4.23. The third-order valence-electron chi connectivity index (χ3n) is 2.60. The topological polar surface area (TPSA) is 20.3 Å². The highest BCUT2D eigenvalue weighted by atomic mass is 16.1. The molecule has 0 radical (unpaired) electrons. The van der Waals surface area contributed by atoms with E-state index >= 15 is 0 Å². The molecule has 2 nitrogen and oxygen atoms in total. The van der Waals surface area contributed by atoms with E-state index in [0.29, 0.717) is 18.2 Å². The van der Waals surface area contributed by atoms with Crippen LogP contribution in [-0.4, -0.2) is 29.3 Å². The maximum Gasteiger partial charge on any atom is 0.149 e. The number of Topliss-reactive ketones (excluding diaryl/α,β-unsaturated/α-hetero) is 1. The van der Waals surface area contributed by atoms with E-state index in [2.05, 4.69) is 32.6 Å². The van der Waals surface area contributed by atoms with Crippen LogP contribution in [0.5, 0.6) is 0 Å². The summed E-state index contributed by atoms with van der Waals surface area (Å²) in [5.74, 6) is 0.384. The minimum absolute atomic E-state index is 0.0925. The van der Waals surface area contributed by atoms with E-state index in [4.69, 9.17) is 0 Å². The Labute approximate surface area is 88.7 Å². The van der Waals surface area contributed by atoms with Crippen LogP contribution in [0.4, 0.5) is 0 Å². The average molecular weight is 199 g/mol. The lowest BCUT2D eigenvalue weighted by Gasteiger charge is -2.31. The quantitative estimate of drug-likeness (QED) is 0.628. The number of rotatable bonds is 7. The molecule has 0 N–H and O–H groups in total. The van der Waals surface area contributed by atoms with E-state index in [9.17, 15) is 4.79 Å². The third-order valence-corrected chi connectivity index (χ3v) is 2.60. The molecule has 0 aliphatic heterocycles. The lowest BCUT2D eigenvalue weighted by atomic mass is 10.1. The maximum atomic E-state index is 11.7. The molecule has 0 fully saturated rings. The summed E-state index contributed by atoms with van der Waals surface area (Å²) in [6.45, 7) is 11.6. The minimum Gasteiger partial charge on any atom is -0.298 e. The Hall–Kier alpha value is -0.370. The molecule has 0 aliphatic carbocycles. The van der Waals surface area contributed by atoms with Gasteiger partial charge in [-0.25, -0.2) is 0 Å². The number of carbonyl (C=O) groups excluding carboxylic acids is 1. The van der Waals surface area contributed by atoms with Gasteiger partial charge in [-0.1, -0.05) is 13.8 Å². The fraction of sp³-hybridized carbons (Fsp3) is 0.917. The SMILES string of the molecule is CCCC(=O)C(C)N(CCC)C(C)C. The van der Waals surface area contributed by atoms with E-state index < -0.39 is 0 Å². The summed E-state index contributed by atoms with van der Waals surface area (Å²) in [6, 6.07) is 0.556. The maximum absolute atomic E-state index is 11.7. The predicted molar refractivity (Wildman–Crippen MR) is 61.5 cm³/mol. The van der Waals surface area contributed by atoms with E-state index in [1.165, 1.54) is 0 Å². The van der Waals surface area contributed by atoms with Crippen LogP contribution < -0.4 is 0 Å². The van der Waals surface area contributed by atoms with Crippen molar-refractivity contribution in [2.75, 3.05) is 6.54 Å². The zero-order chi connectivity index (χ0) is 11.1. The zero-order valence-corrected chi connectivity index (χ0v) is 10.3. The highest BCUT2D eigenvalue weighted by Crippen LogP contribution is 2.09. The molecule has 0 rings (SSSR count). The fourth-order valence-electron chi connectivity index (χ4n) is 1.80. The van der Waals surface area contributed by atoms with Crippen molar-refractivity contribution in [3.8, 4) is 0 Å². The Bertz CT molecular complexity index is 166. The van der Waals surface area contributed by atoms with Crippen LogP contribution in [0.25, 0.3) is 0 Å². The number of nitrogens with zero attached hydrogens (tertiary/aromatic N) is 1. The van der Waals surface area contributed by atoms with Crippen LogP contribution in [0.2, 0.25) is 0 Å². The van der Waals surface area contributed by atoms with Crippen molar-refractivity contribution in [2.24, 2.45) is 0 Å². The van der Waals surface area contributed by atoms with E-state index in [-0.39, 0.29) is 6.04 Å². The van der Waals surface area contributed by atoms with Crippen LogP contribution in [0.15, 0.2) is 0 Å². The molecule has 0 aromatic heterocycles. The van der Waals surface area contributed by atoms with Gasteiger partial charge in [-0.2, -0.15) is 0 Å². The minimum atomic E-state index is 0.0925. The first-order valence-corrected chi connectivity index (χ1v) is 5.83. The highest BCUT2D eigenvalue weighted by molar-refractivity contribution is 5.83. The molecule has 14 heavy (non-hydrogen) atoms. The smallest absolute Gasteiger partial charge is 0.149 e. The molecule has 0 aromatic carbocycles. The van der Waals surface area contributed by atoms with Gasteiger partial charge in [0.15, 0.2) is 0 Å². The van der Waals surface area contributed by atoms with Crippen molar-refractivity contribution < 1.29 is 4.79 Å². The van der Waals surface area contributed by atoms with E-state index in [1.807, 2.05) is 6.92 Å². The number of hydrogen-bond donors (Lipinski definition) is 0. The van der Waals surface area contributed by atoms with Gasteiger partial charge >= 0.3 is 0 Å². The molecule has 84 valence electrons. The zero-order valence-electron chi connectivity index (χ0n) is 10.3. The van der Waals surface area contributed by atoms with E-state index in [1.54, 1.807) is 0 Å². The molecule has 1 atom stereocenters. The molecule has 1 unspecified atom stereocenters. The largest absolute Gasteiger partial charge is 0.298 e. The van der Waals surface area contributed by atoms with Gasteiger partial charge in [-0.05, 0) is 40.2 Å². The first-order valence-electron chi connectivity index (χ1n) is 5.83. The predicted octanol–water partition coefficient (Wildman–Crippen LogP) is 2.86. The molecule has 0 aliphatic rings. The molecular formula is C12H25NO. The Balaban J connectivity index is 4.26. The first-order chi connectivity index (χ1) is 6.54. The summed E-state index contributed by atoms with van der Waals surface area (Å²) in [6.07, 6.45) is 2.79. The van der Waals surface area contributed by atoms with Crippen molar-refractivity contribution >= 4 is 5.78 Å². The molecule has 0 bridgehead atoms. The normalized spacial score (nSPS) is 13.6. The van der Waals surface area contributed by atoms with Gasteiger partial charge in [0.2, 0.25) is 0 Å². The van der Waals surface area contributed by atoms with Crippen molar-refractivity contribution in [3.05, 3.63) is 0 Å². The summed E-state index contributed by atoms with van der Waals surface area (Å²) < 4.78 is 0. The Morgan fingerprint density at radius 3 is 2.07 bits per heavy atom. The van der Waals surface area contributed by atoms with Gasteiger partial charge in [0, 0.05) is 12.5 Å². The fourth-order valence-corrected chi connectivity index (χ4v) is 1.80. The monoisotopic (exact) mass is 199 g/mol. The summed E-state index contributed by atoms with van der Waals surface area (Å²) >= 11 is 0. The summed E-state index contributed by atoms with van der Waals surface area (Å²) in [4.78, 5) is 14.0. The molecule has 2 heteroatoms. The highest BCUT2D eigenvalue weighted by Gasteiger charge is 2.21. The van der Waals surface area contributed by atoms with Gasteiger partial charge in [0.05, 0.1) is 6.04 Å². The Morgan fingerprint density at radius 2 is 1.71 bits per heavy atom. The second-order valence-electron chi connectivity index (χ2n) is 4.22. The van der Waals surface area contributed by atoms with Gasteiger partial charge in [-0.3, -0.25) is 9.69 Å². The molecular weight excluding hydrogens is 174 g/mol. The van der Waals surface area contributed by atoms with Crippen molar-refractivity contribution in [1.82, 2.24) is 4.90 Å². The van der Waals surface area contributed by atoms with Crippen molar-refractivity contribution in [1.29, 1.82) is 0 Å². The van der Waals surface area contributed by atoms with Gasteiger partial charge in [-0.15, -0.1) is 0 Å². The number of hydrogen-bond acceptors (Lipinski definition) is 2. The average Bonchev–Trinajstić information content (AvgIpc) is 2.13. The number of ketones is 1. The lowest BCUT2D eigenvalue weighted by molar-refractivity contribution is -0.124. The second-order valence-corrected chi connectivity index (χ2v) is 4.22. The molecule has 0 amide bonds. The van der Waals surface area contributed by atoms with Crippen LogP contribution in [0.3, 0.4) is 0 Å². The van der Waals surface area contributed by atoms with Gasteiger partial charge < -0.3 is 0 Å². The second kappa shape index (κ2) is 6.99. The first kappa shape index (κ1) is 13.6. The van der Waals surface area contributed by atoms with Gasteiger partial charge in [0.1, 0.15) is 5.78 Å². The Morgan fingerprint density at radius 1 is 1.14 bits per heavy atom. The summed E-state index contributed by atoms with van der Waals surface area (Å²) in [5, 5.41) is 0. The lowest BCUT2D eigenvalue weighted by Crippen LogP contribution is -2.43.